The molecule has 1 aromatic carbocycles. The van der Waals surface area contributed by atoms with Gasteiger partial charge in [-0.05, 0) is 56.5 Å². The Bertz CT molecular complexity index is 1070. The van der Waals surface area contributed by atoms with Crippen molar-refractivity contribution >= 4 is 29.3 Å². The minimum atomic E-state index is -0.403. The summed E-state index contributed by atoms with van der Waals surface area (Å²) >= 11 is 1.36. The van der Waals surface area contributed by atoms with E-state index in [-0.39, 0.29) is 5.91 Å². The highest BCUT2D eigenvalue weighted by molar-refractivity contribution is 8.00. The molecule has 160 valence electrons. The molecule has 31 heavy (non-hydrogen) atoms. The maximum Gasteiger partial charge on any atom is 0.237 e. The van der Waals surface area contributed by atoms with E-state index in [2.05, 4.69) is 26.5 Å². The van der Waals surface area contributed by atoms with Crippen LogP contribution < -0.4 is 10.2 Å². The van der Waals surface area contributed by atoms with E-state index in [1.807, 2.05) is 23.6 Å². The number of thioether (sulfide) groups is 1. The van der Waals surface area contributed by atoms with Crippen LogP contribution in [0.3, 0.4) is 0 Å². The SMILES string of the molecule is CC(Sc1nnc(N2CCCCC2)n1Cc1ccco1)C(=O)Nc1cccc(C#N)c1. The molecule has 1 N–H and O–H groups in total. The lowest BCUT2D eigenvalue weighted by Gasteiger charge is -2.27. The molecular weight excluding hydrogens is 412 g/mol. The smallest absolute Gasteiger partial charge is 0.237 e. The average molecular weight is 437 g/mol. The second kappa shape index (κ2) is 9.71. The molecule has 0 saturated carbocycles. The van der Waals surface area contributed by atoms with Gasteiger partial charge in [0.25, 0.3) is 0 Å². The van der Waals surface area contributed by atoms with Gasteiger partial charge in [-0.1, -0.05) is 17.8 Å². The zero-order chi connectivity index (χ0) is 21.6. The molecule has 4 rings (SSSR count). The van der Waals surface area contributed by atoms with E-state index in [9.17, 15) is 4.79 Å². The Kier molecular flexibility index (Phi) is 6.57. The lowest BCUT2D eigenvalue weighted by Crippen LogP contribution is -2.32. The van der Waals surface area contributed by atoms with Crippen LogP contribution in [-0.2, 0) is 11.3 Å². The highest BCUT2D eigenvalue weighted by Crippen LogP contribution is 2.29. The summed E-state index contributed by atoms with van der Waals surface area (Å²) in [7, 11) is 0. The highest BCUT2D eigenvalue weighted by atomic mass is 32.2. The fourth-order valence-corrected chi connectivity index (χ4v) is 4.36. The number of nitriles is 1. The van der Waals surface area contributed by atoms with E-state index in [1.165, 1.54) is 18.2 Å². The number of furan rings is 1. The third-order valence-corrected chi connectivity index (χ3v) is 6.22. The Morgan fingerprint density at radius 1 is 1.26 bits per heavy atom. The zero-order valence-corrected chi connectivity index (χ0v) is 18.1. The molecule has 3 heterocycles. The summed E-state index contributed by atoms with van der Waals surface area (Å²) in [6.07, 6.45) is 5.15. The van der Waals surface area contributed by atoms with Crippen LogP contribution in [0.15, 0.2) is 52.2 Å². The molecule has 9 heteroatoms. The van der Waals surface area contributed by atoms with E-state index in [0.717, 1.165) is 37.6 Å². The first-order valence-corrected chi connectivity index (χ1v) is 11.2. The first kappa shape index (κ1) is 21.0. The first-order valence-electron chi connectivity index (χ1n) is 10.3. The van der Waals surface area contributed by atoms with Crippen molar-refractivity contribution < 1.29 is 9.21 Å². The summed E-state index contributed by atoms with van der Waals surface area (Å²) in [5.74, 6) is 1.46. The van der Waals surface area contributed by atoms with Crippen LogP contribution in [0, 0.1) is 11.3 Å². The molecule has 1 aliphatic heterocycles. The predicted octanol–water partition coefficient (Wildman–Crippen LogP) is 3.90. The van der Waals surface area contributed by atoms with Crippen molar-refractivity contribution in [3.63, 3.8) is 0 Å². The molecule has 0 bridgehead atoms. The second-order valence-corrected chi connectivity index (χ2v) is 8.75. The number of nitrogens with one attached hydrogen (secondary N) is 1. The Hall–Kier alpha value is -3.25. The number of carbonyl (C=O) groups excluding carboxylic acids is 1. The minimum absolute atomic E-state index is 0.160. The summed E-state index contributed by atoms with van der Waals surface area (Å²) in [6.45, 7) is 4.24. The summed E-state index contributed by atoms with van der Waals surface area (Å²) in [6, 6.07) is 12.7. The van der Waals surface area contributed by atoms with Crippen molar-refractivity contribution in [2.45, 2.75) is 43.1 Å². The number of amides is 1. The topological polar surface area (TPSA) is 100.0 Å². The molecule has 1 amide bonds. The van der Waals surface area contributed by atoms with Gasteiger partial charge >= 0.3 is 0 Å². The van der Waals surface area contributed by atoms with Gasteiger partial charge in [-0.25, -0.2) is 0 Å². The van der Waals surface area contributed by atoms with E-state index in [4.69, 9.17) is 9.68 Å². The van der Waals surface area contributed by atoms with Gasteiger partial charge in [-0.15, -0.1) is 10.2 Å². The standard InChI is InChI=1S/C22H24N6O2S/c1-16(20(29)24-18-8-5-7-17(13-18)14-23)31-22-26-25-21(27-10-3-2-4-11-27)28(22)15-19-9-6-12-30-19/h5-9,12-13,16H,2-4,10-11,15H2,1H3,(H,24,29). The zero-order valence-electron chi connectivity index (χ0n) is 17.3. The predicted molar refractivity (Wildman–Crippen MR) is 119 cm³/mol. The Morgan fingerprint density at radius 3 is 2.84 bits per heavy atom. The van der Waals surface area contributed by atoms with Gasteiger partial charge in [-0.2, -0.15) is 5.26 Å². The van der Waals surface area contributed by atoms with Gasteiger partial charge in [-0.3, -0.25) is 9.36 Å². The van der Waals surface area contributed by atoms with Crippen LogP contribution >= 0.6 is 11.8 Å². The Labute approximate surface area is 185 Å². The van der Waals surface area contributed by atoms with Crippen molar-refractivity contribution in [2.24, 2.45) is 0 Å². The molecule has 1 unspecified atom stereocenters. The van der Waals surface area contributed by atoms with Crippen LogP contribution in [0.4, 0.5) is 11.6 Å². The maximum absolute atomic E-state index is 12.8. The van der Waals surface area contributed by atoms with Gasteiger partial charge in [0.1, 0.15) is 5.76 Å². The number of aromatic nitrogens is 3. The van der Waals surface area contributed by atoms with Gasteiger partial charge in [0, 0.05) is 18.8 Å². The fourth-order valence-electron chi connectivity index (χ4n) is 3.51. The third-order valence-electron chi connectivity index (χ3n) is 5.14. The molecule has 2 aromatic heterocycles. The molecule has 0 aliphatic carbocycles. The molecule has 1 aliphatic rings. The molecule has 1 fully saturated rings. The molecule has 1 atom stereocenters. The molecular formula is C22H24N6O2S. The van der Waals surface area contributed by atoms with Gasteiger partial charge in [0.2, 0.25) is 11.9 Å². The lowest BCUT2D eigenvalue weighted by molar-refractivity contribution is -0.115. The van der Waals surface area contributed by atoms with Crippen LogP contribution in [0.25, 0.3) is 0 Å². The number of rotatable bonds is 7. The highest BCUT2D eigenvalue weighted by Gasteiger charge is 2.24. The quantitative estimate of drug-likeness (QED) is 0.561. The molecule has 0 spiro atoms. The maximum atomic E-state index is 12.8. The molecule has 1 saturated heterocycles. The van der Waals surface area contributed by atoms with Crippen LogP contribution in [0.5, 0.6) is 0 Å². The molecule has 0 radical (unpaired) electrons. The van der Waals surface area contributed by atoms with Gasteiger partial charge in [0.15, 0.2) is 5.16 Å². The lowest BCUT2D eigenvalue weighted by atomic mass is 10.1. The van der Waals surface area contributed by atoms with Gasteiger partial charge < -0.3 is 14.6 Å². The normalized spacial score (nSPS) is 14.8. The summed E-state index contributed by atoms with van der Waals surface area (Å²) in [4.78, 5) is 15.0. The monoisotopic (exact) mass is 436 g/mol. The van der Waals surface area contributed by atoms with Crippen molar-refractivity contribution in [1.82, 2.24) is 14.8 Å². The Morgan fingerprint density at radius 2 is 2.10 bits per heavy atom. The summed E-state index contributed by atoms with van der Waals surface area (Å²) < 4.78 is 7.57. The number of benzene rings is 1. The summed E-state index contributed by atoms with van der Waals surface area (Å²) in [5, 5.41) is 21.0. The number of anilines is 2. The third kappa shape index (κ3) is 5.09. The number of nitrogens with zero attached hydrogens (tertiary/aromatic N) is 5. The number of hydrogen-bond donors (Lipinski definition) is 1. The van der Waals surface area contributed by atoms with Crippen molar-refractivity contribution in [1.29, 1.82) is 5.26 Å². The molecule has 3 aromatic rings. The average Bonchev–Trinajstić information content (AvgIpc) is 3.45. The van der Waals surface area contributed by atoms with E-state index in [1.54, 1.807) is 30.5 Å². The van der Waals surface area contributed by atoms with E-state index >= 15 is 0 Å². The first-order chi connectivity index (χ1) is 15.1. The van der Waals surface area contributed by atoms with Crippen LogP contribution in [0.2, 0.25) is 0 Å². The summed E-state index contributed by atoms with van der Waals surface area (Å²) in [5.41, 5.74) is 1.10. The van der Waals surface area contributed by atoms with Crippen molar-refractivity contribution in [2.75, 3.05) is 23.3 Å². The largest absolute Gasteiger partial charge is 0.467 e. The van der Waals surface area contributed by atoms with Gasteiger partial charge in [0.05, 0.1) is 29.7 Å². The van der Waals surface area contributed by atoms with Crippen molar-refractivity contribution in [3.8, 4) is 6.07 Å². The minimum Gasteiger partial charge on any atom is -0.467 e. The Balaban J connectivity index is 1.51. The number of carbonyl (C=O) groups is 1. The fraction of sp³-hybridized carbons (Fsp3) is 0.364. The molecule has 8 nitrogen and oxygen atoms in total. The number of hydrogen-bond acceptors (Lipinski definition) is 7. The number of piperidine rings is 1. The van der Waals surface area contributed by atoms with Crippen LogP contribution in [-0.4, -0.2) is 39.0 Å². The van der Waals surface area contributed by atoms with E-state index in [0.29, 0.717) is 23.0 Å². The van der Waals surface area contributed by atoms with E-state index < -0.39 is 5.25 Å². The second-order valence-electron chi connectivity index (χ2n) is 7.44. The van der Waals surface area contributed by atoms with Crippen molar-refractivity contribution in [3.05, 3.63) is 54.0 Å². The van der Waals surface area contributed by atoms with Crippen LogP contribution in [0.1, 0.15) is 37.5 Å².